The second kappa shape index (κ2) is 7.81. The molecule has 0 aliphatic carbocycles. The third-order valence-electron chi connectivity index (χ3n) is 5.70. The van der Waals surface area contributed by atoms with Crippen LogP contribution >= 0.6 is 0 Å². The normalized spacial score (nSPS) is 15.7. The van der Waals surface area contributed by atoms with E-state index in [2.05, 4.69) is 32.5 Å². The van der Waals surface area contributed by atoms with E-state index in [4.69, 9.17) is 0 Å². The van der Waals surface area contributed by atoms with Gasteiger partial charge in [0, 0.05) is 25.2 Å². The van der Waals surface area contributed by atoms with Crippen LogP contribution in [0, 0.1) is 0 Å². The highest BCUT2D eigenvalue weighted by atomic mass is 16.2. The summed E-state index contributed by atoms with van der Waals surface area (Å²) in [6.45, 7) is 2.07. The first-order chi connectivity index (χ1) is 15.1. The fraction of sp³-hybridized carbons (Fsp3) is 0.217. The Labute approximate surface area is 178 Å². The smallest absolute Gasteiger partial charge is 0.262 e. The van der Waals surface area contributed by atoms with Crippen LogP contribution in [0.1, 0.15) is 37.5 Å². The molecule has 2 aliphatic rings. The molecule has 31 heavy (non-hydrogen) atoms. The topological polar surface area (TPSA) is 98.4 Å². The van der Waals surface area contributed by atoms with Gasteiger partial charge in [0.05, 0.1) is 16.8 Å². The monoisotopic (exact) mass is 415 g/mol. The van der Waals surface area contributed by atoms with Crippen LogP contribution < -0.4 is 5.32 Å². The molecule has 5 rings (SSSR count). The first-order valence-corrected chi connectivity index (χ1v) is 10.2. The van der Waals surface area contributed by atoms with Crippen molar-refractivity contribution >= 4 is 23.5 Å². The van der Waals surface area contributed by atoms with E-state index in [0.29, 0.717) is 23.5 Å². The second-order valence-electron chi connectivity index (χ2n) is 7.77. The number of aromatic amines is 1. The maximum absolute atomic E-state index is 12.6. The van der Waals surface area contributed by atoms with E-state index >= 15 is 0 Å². The SMILES string of the molecule is O=C(CN1C(=O)c2ccccc2C1=O)Nc1n[nH]c2c1CCN(Cc1ccccc1)C2. The molecule has 0 unspecified atom stereocenters. The molecule has 0 fully saturated rings. The van der Waals surface area contributed by atoms with Crippen molar-refractivity contribution in [2.24, 2.45) is 0 Å². The number of rotatable bonds is 5. The predicted octanol–water partition coefficient (Wildman–Crippen LogP) is 2.20. The number of benzene rings is 2. The zero-order chi connectivity index (χ0) is 21.4. The largest absolute Gasteiger partial charge is 0.307 e. The summed E-state index contributed by atoms with van der Waals surface area (Å²) in [4.78, 5) is 40.8. The minimum absolute atomic E-state index is 0.330. The van der Waals surface area contributed by atoms with E-state index in [1.54, 1.807) is 24.3 Å². The Morgan fingerprint density at radius 1 is 1.00 bits per heavy atom. The summed E-state index contributed by atoms with van der Waals surface area (Å²) < 4.78 is 0. The van der Waals surface area contributed by atoms with Gasteiger partial charge in [-0.2, -0.15) is 5.10 Å². The highest BCUT2D eigenvalue weighted by Crippen LogP contribution is 2.26. The lowest BCUT2D eigenvalue weighted by molar-refractivity contribution is -0.116. The van der Waals surface area contributed by atoms with E-state index < -0.39 is 17.7 Å². The number of hydrogen-bond donors (Lipinski definition) is 2. The zero-order valence-corrected chi connectivity index (χ0v) is 16.8. The average molecular weight is 415 g/mol. The van der Waals surface area contributed by atoms with Crippen LogP contribution in [0.15, 0.2) is 54.6 Å². The Morgan fingerprint density at radius 3 is 2.39 bits per heavy atom. The molecule has 3 aromatic rings. The van der Waals surface area contributed by atoms with Crippen molar-refractivity contribution in [2.45, 2.75) is 19.5 Å². The van der Waals surface area contributed by atoms with Gasteiger partial charge in [-0.3, -0.25) is 29.3 Å². The maximum Gasteiger partial charge on any atom is 0.262 e. The molecule has 0 radical (unpaired) electrons. The number of amides is 3. The predicted molar refractivity (Wildman–Crippen MR) is 113 cm³/mol. The molecule has 0 atom stereocenters. The Kier molecular flexibility index (Phi) is 4.83. The van der Waals surface area contributed by atoms with Crippen LogP contribution in [0.3, 0.4) is 0 Å². The Morgan fingerprint density at radius 2 is 1.68 bits per heavy atom. The summed E-state index contributed by atoms with van der Waals surface area (Å²) in [5.41, 5.74) is 3.85. The molecule has 3 heterocycles. The summed E-state index contributed by atoms with van der Waals surface area (Å²) in [5.74, 6) is -0.876. The summed E-state index contributed by atoms with van der Waals surface area (Å²) in [5, 5.41) is 10.0. The number of nitrogens with zero attached hydrogens (tertiary/aromatic N) is 3. The third-order valence-corrected chi connectivity index (χ3v) is 5.70. The lowest BCUT2D eigenvalue weighted by atomic mass is 10.1. The summed E-state index contributed by atoms with van der Waals surface area (Å²) in [6.07, 6.45) is 0.751. The lowest BCUT2D eigenvalue weighted by Gasteiger charge is -2.26. The number of aromatic nitrogens is 2. The molecule has 0 saturated carbocycles. The van der Waals surface area contributed by atoms with Crippen molar-refractivity contribution in [1.29, 1.82) is 0 Å². The summed E-state index contributed by atoms with van der Waals surface area (Å²) >= 11 is 0. The van der Waals surface area contributed by atoms with Crippen LogP contribution in [0.2, 0.25) is 0 Å². The number of fused-ring (bicyclic) bond motifs is 2. The number of carbonyl (C=O) groups is 3. The number of hydrogen-bond acceptors (Lipinski definition) is 5. The fourth-order valence-electron chi connectivity index (χ4n) is 4.15. The zero-order valence-electron chi connectivity index (χ0n) is 16.8. The number of H-pyrrole nitrogens is 1. The lowest BCUT2D eigenvalue weighted by Crippen LogP contribution is -2.37. The van der Waals surface area contributed by atoms with Gasteiger partial charge < -0.3 is 5.32 Å². The van der Waals surface area contributed by atoms with Crippen molar-refractivity contribution in [3.05, 3.63) is 82.5 Å². The van der Waals surface area contributed by atoms with Crippen LogP contribution in [0.5, 0.6) is 0 Å². The van der Waals surface area contributed by atoms with Crippen LogP contribution in [0.4, 0.5) is 5.82 Å². The van der Waals surface area contributed by atoms with Crippen molar-refractivity contribution in [3.63, 3.8) is 0 Å². The molecular formula is C23H21N5O3. The molecule has 2 N–H and O–H groups in total. The Bertz CT molecular complexity index is 1140. The van der Waals surface area contributed by atoms with E-state index in [9.17, 15) is 14.4 Å². The van der Waals surface area contributed by atoms with Gasteiger partial charge in [-0.05, 0) is 24.1 Å². The Hall–Kier alpha value is -3.78. The number of anilines is 1. The van der Waals surface area contributed by atoms with E-state index in [1.165, 1.54) is 5.56 Å². The van der Waals surface area contributed by atoms with Gasteiger partial charge in [-0.15, -0.1) is 0 Å². The molecule has 2 aliphatic heterocycles. The molecule has 2 aromatic carbocycles. The van der Waals surface area contributed by atoms with E-state index in [0.717, 1.165) is 35.7 Å². The minimum Gasteiger partial charge on any atom is -0.307 e. The van der Waals surface area contributed by atoms with Gasteiger partial charge in [0.1, 0.15) is 6.54 Å². The van der Waals surface area contributed by atoms with Gasteiger partial charge in [-0.1, -0.05) is 42.5 Å². The van der Waals surface area contributed by atoms with Crippen molar-refractivity contribution in [1.82, 2.24) is 20.0 Å². The molecule has 156 valence electrons. The average Bonchev–Trinajstić information content (AvgIpc) is 3.28. The van der Waals surface area contributed by atoms with E-state index in [1.807, 2.05) is 18.2 Å². The van der Waals surface area contributed by atoms with Crippen LogP contribution in [0.25, 0.3) is 0 Å². The molecule has 8 nitrogen and oxygen atoms in total. The highest BCUT2D eigenvalue weighted by molar-refractivity contribution is 6.22. The number of imide groups is 1. The summed E-state index contributed by atoms with van der Waals surface area (Å²) in [6, 6.07) is 16.9. The third kappa shape index (κ3) is 3.62. The van der Waals surface area contributed by atoms with Crippen molar-refractivity contribution < 1.29 is 14.4 Å². The van der Waals surface area contributed by atoms with Gasteiger partial charge in [0.15, 0.2) is 5.82 Å². The Balaban J connectivity index is 1.23. The van der Waals surface area contributed by atoms with Gasteiger partial charge >= 0.3 is 0 Å². The highest BCUT2D eigenvalue weighted by Gasteiger charge is 2.36. The fourth-order valence-corrected chi connectivity index (χ4v) is 4.15. The quantitative estimate of drug-likeness (QED) is 0.623. The molecular weight excluding hydrogens is 394 g/mol. The van der Waals surface area contributed by atoms with Gasteiger partial charge in [0.25, 0.3) is 11.8 Å². The number of carbonyl (C=O) groups excluding carboxylic acids is 3. The van der Waals surface area contributed by atoms with Crippen LogP contribution in [-0.2, 0) is 24.3 Å². The van der Waals surface area contributed by atoms with Gasteiger partial charge in [0.2, 0.25) is 5.91 Å². The molecule has 1 aromatic heterocycles. The van der Waals surface area contributed by atoms with Crippen molar-refractivity contribution in [3.8, 4) is 0 Å². The number of nitrogens with one attached hydrogen (secondary N) is 2. The van der Waals surface area contributed by atoms with E-state index in [-0.39, 0.29) is 6.54 Å². The minimum atomic E-state index is -0.449. The molecule has 0 spiro atoms. The van der Waals surface area contributed by atoms with Crippen LogP contribution in [-0.4, -0.2) is 50.8 Å². The molecule has 8 heteroatoms. The summed E-state index contributed by atoms with van der Waals surface area (Å²) in [7, 11) is 0. The maximum atomic E-state index is 12.6. The second-order valence-corrected chi connectivity index (χ2v) is 7.77. The van der Waals surface area contributed by atoms with Crippen molar-refractivity contribution in [2.75, 3.05) is 18.4 Å². The molecule has 3 amide bonds. The van der Waals surface area contributed by atoms with Gasteiger partial charge in [-0.25, -0.2) is 0 Å². The first kappa shape index (κ1) is 19.2. The first-order valence-electron chi connectivity index (χ1n) is 10.2. The molecule has 0 saturated heterocycles. The standard InChI is InChI=1S/C23H21N5O3/c29-20(14-28-22(30)16-8-4-5-9-17(16)23(28)31)24-21-18-10-11-27(13-19(18)25-26-21)12-15-6-2-1-3-7-15/h1-9H,10-14H2,(H2,24,25,26,29). The molecule has 0 bridgehead atoms.